The van der Waals surface area contributed by atoms with E-state index in [1.54, 1.807) is 17.4 Å². The Labute approximate surface area is 177 Å². The molecule has 30 heavy (non-hydrogen) atoms. The number of halogens is 1. The molecular weight excluding hydrogens is 395 g/mol. The third-order valence-electron chi connectivity index (χ3n) is 4.93. The molecule has 0 saturated carbocycles. The minimum atomic E-state index is -0.267. The number of rotatable bonds is 4. The molecule has 1 N–H and O–H groups in total. The Morgan fingerprint density at radius 3 is 2.53 bits per heavy atom. The molecule has 4 nitrogen and oxygen atoms in total. The number of hydrogen-bond donors (Lipinski definition) is 1. The predicted octanol–water partition coefficient (Wildman–Crippen LogP) is 6.46. The summed E-state index contributed by atoms with van der Waals surface area (Å²) in [5.41, 5.74) is 5.32. The van der Waals surface area contributed by atoms with Crippen molar-refractivity contribution in [2.75, 3.05) is 24.3 Å². The predicted molar refractivity (Wildman–Crippen MR) is 124 cm³/mol. The average molecular weight is 415 g/mol. The Morgan fingerprint density at radius 2 is 1.73 bits per heavy atom. The van der Waals surface area contributed by atoms with Gasteiger partial charge in [-0.25, -0.2) is 14.4 Å². The summed E-state index contributed by atoms with van der Waals surface area (Å²) in [5, 5.41) is 5.29. The van der Waals surface area contributed by atoms with Crippen LogP contribution in [0, 0.1) is 5.82 Å². The zero-order valence-electron chi connectivity index (χ0n) is 16.6. The highest BCUT2D eigenvalue weighted by atomic mass is 32.1. The molecule has 2 heterocycles. The van der Waals surface area contributed by atoms with Crippen LogP contribution in [-0.4, -0.2) is 24.1 Å². The van der Waals surface area contributed by atoms with Crippen molar-refractivity contribution in [2.45, 2.75) is 0 Å². The van der Waals surface area contributed by atoms with Gasteiger partial charge in [-0.3, -0.25) is 0 Å². The lowest BCUT2D eigenvalue weighted by Crippen LogP contribution is -2.10. The fourth-order valence-corrected chi connectivity index (χ4v) is 4.39. The van der Waals surface area contributed by atoms with Crippen LogP contribution in [-0.2, 0) is 0 Å². The van der Waals surface area contributed by atoms with Gasteiger partial charge < -0.3 is 10.2 Å². The zero-order valence-corrected chi connectivity index (χ0v) is 17.4. The normalized spacial score (nSPS) is 11.2. The maximum atomic E-state index is 13.7. The van der Waals surface area contributed by atoms with Crippen LogP contribution < -0.4 is 10.2 Å². The smallest absolute Gasteiger partial charge is 0.188 e. The third-order valence-corrected chi connectivity index (χ3v) is 5.89. The highest BCUT2D eigenvalue weighted by molar-refractivity contribution is 7.22. The van der Waals surface area contributed by atoms with Crippen LogP contribution in [0.1, 0.15) is 0 Å². The van der Waals surface area contributed by atoms with Crippen molar-refractivity contribution >= 4 is 49.0 Å². The summed E-state index contributed by atoms with van der Waals surface area (Å²) >= 11 is 1.63. The van der Waals surface area contributed by atoms with Gasteiger partial charge >= 0.3 is 0 Å². The first-order valence-electron chi connectivity index (χ1n) is 9.57. The zero-order chi connectivity index (χ0) is 20.7. The summed E-state index contributed by atoms with van der Waals surface area (Å²) in [6.07, 6.45) is 0. The fourth-order valence-electron chi connectivity index (χ4n) is 3.50. The largest absolute Gasteiger partial charge is 0.377 e. The van der Waals surface area contributed by atoms with Gasteiger partial charge in [-0.15, -0.1) is 0 Å². The van der Waals surface area contributed by atoms with Crippen molar-refractivity contribution in [1.29, 1.82) is 0 Å². The van der Waals surface area contributed by atoms with Crippen molar-refractivity contribution < 1.29 is 4.39 Å². The van der Waals surface area contributed by atoms with Gasteiger partial charge in [0.2, 0.25) is 0 Å². The van der Waals surface area contributed by atoms with E-state index in [-0.39, 0.29) is 5.82 Å². The van der Waals surface area contributed by atoms with Gasteiger partial charge in [-0.05, 0) is 48.5 Å². The molecule has 0 unspecified atom stereocenters. The van der Waals surface area contributed by atoms with Gasteiger partial charge in [0.15, 0.2) is 5.13 Å². The van der Waals surface area contributed by atoms with Crippen LogP contribution in [0.25, 0.3) is 32.4 Å². The van der Waals surface area contributed by atoms with Crippen LogP contribution in [0.2, 0.25) is 0 Å². The number of nitrogens with one attached hydrogen (secondary N) is 1. The van der Waals surface area contributed by atoms with Crippen LogP contribution in [0.15, 0.2) is 72.8 Å². The monoisotopic (exact) mass is 414 g/mol. The second-order valence-electron chi connectivity index (χ2n) is 7.28. The number of anilines is 3. The number of thiazole rings is 1. The molecule has 0 saturated heterocycles. The maximum absolute atomic E-state index is 13.7. The first-order chi connectivity index (χ1) is 14.6. The van der Waals surface area contributed by atoms with E-state index in [2.05, 4.69) is 22.4 Å². The molecule has 0 aliphatic rings. The Bertz CT molecular complexity index is 1340. The number of benzene rings is 3. The van der Waals surface area contributed by atoms with E-state index in [4.69, 9.17) is 4.98 Å². The van der Waals surface area contributed by atoms with Crippen LogP contribution in [0.3, 0.4) is 0 Å². The van der Waals surface area contributed by atoms with Gasteiger partial charge in [-0.2, -0.15) is 0 Å². The molecule has 0 amide bonds. The molecule has 3 aromatic carbocycles. The molecule has 0 radical (unpaired) electrons. The second-order valence-corrected chi connectivity index (χ2v) is 8.31. The molecule has 6 heteroatoms. The van der Waals surface area contributed by atoms with Crippen molar-refractivity contribution in [3.8, 4) is 11.3 Å². The summed E-state index contributed by atoms with van der Waals surface area (Å²) in [5.74, 6) is -0.267. The van der Waals surface area contributed by atoms with Gasteiger partial charge in [0.25, 0.3) is 0 Å². The van der Waals surface area contributed by atoms with E-state index in [9.17, 15) is 4.39 Å². The Morgan fingerprint density at radius 1 is 0.867 bits per heavy atom. The number of nitrogens with zero attached hydrogens (tertiary/aromatic N) is 3. The van der Waals surface area contributed by atoms with Gasteiger partial charge in [0.1, 0.15) is 5.82 Å². The van der Waals surface area contributed by atoms with Crippen LogP contribution >= 0.6 is 11.3 Å². The molecule has 148 valence electrons. The molecule has 0 spiro atoms. The third kappa shape index (κ3) is 3.46. The lowest BCUT2D eigenvalue weighted by Gasteiger charge is -2.18. The fraction of sp³-hybridized carbons (Fsp3) is 0.0833. The van der Waals surface area contributed by atoms with Crippen molar-refractivity contribution in [3.05, 3.63) is 78.6 Å². The summed E-state index contributed by atoms with van der Waals surface area (Å²) in [6.45, 7) is 0. The maximum Gasteiger partial charge on any atom is 0.188 e. The Hall–Kier alpha value is -3.51. The first-order valence-corrected chi connectivity index (χ1v) is 10.4. The van der Waals surface area contributed by atoms with Crippen LogP contribution in [0.4, 0.5) is 20.9 Å². The van der Waals surface area contributed by atoms with Gasteiger partial charge in [0.05, 0.1) is 21.4 Å². The number of fused-ring (bicyclic) bond motifs is 2. The van der Waals surface area contributed by atoms with Crippen molar-refractivity contribution in [3.63, 3.8) is 0 Å². The highest BCUT2D eigenvalue weighted by Gasteiger charge is 2.12. The summed E-state index contributed by atoms with van der Waals surface area (Å²) in [4.78, 5) is 11.5. The molecular formula is C24H19FN4S. The lowest BCUT2D eigenvalue weighted by molar-refractivity contribution is 0.628. The lowest BCUT2D eigenvalue weighted by atomic mass is 10.1. The van der Waals surface area contributed by atoms with E-state index >= 15 is 0 Å². The Kier molecular flexibility index (Phi) is 4.56. The second kappa shape index (κ2) is 7.39. The molecule has 5 rings (SSSR count). The molecule has 2 aromatic heterocycles. The highest BCUT2D eigenvalue weighted by Crippen LogP contribution is 2.34. The first kappa shape index (κ1) is 18.5. The van der Waals surface area contributed by atoms with E-state index in [1.807, 2.05) is 61.5 Å². The molecule has 0 aliphatic heterocycles. The molecule has 0 atom stereocenters. The standard InChI is InChI=1S/C24H19FN4S/c1-29(2)22-14-21(15-6-5-7-16(25)12-15)27-19-11-10-17(13-18(19)22)26-24-28-20-8-3-4-9-23(20)30-24/h3-14H,1-2H3,(H,26,28). The van der Waals surface area contributed by atoms with Crippen molar-refractivity contribution in [1.82, 2.24) is 9.97 Å². The average Bonchev–Trinajstić information content (AvgIpc) is 3.15. The minimum Gasteiger partial charge on any atom is -0.377 e. The number of para-hydroxylation sites is 1. The summed E-state index contributed by atoms with van der Waals surface area (Å²) in [6, 6.07) is 22.7. The SMILES string of the molecule is CN(C)c1cc(-c2cccc(F)c2)nc2ccc(Nc3nc4ccccc4s3)cc12. The number of pyridine rings is 1. The topological polar surface area (TPSA) is 41.1 Å². The van der Waals surface area contributed by atoms with Crippen molar-refractivity contribution in [2.24, 2.45) is 0 Å². The Balaban J connectivity index is 1.57. The molecule has 5 aromatic rings. The van der Waals surface area contributed by atoms with Gasteiger partial charge in [-0.1, -0.05) is 35.6 Å². The van der Waals surface area contributed by atoms with E-state index < -0.39 is 0 Å². The van der Waals surface area contributed by atoms with Gasteiger partial charge in [0, 0.05) is 36.4 Å². The molecule has 0 bridgehead atoms. The number of aromatic nitrogens is 2. The number of hydrogen-bond acceptors (Lipinski definition) is 5. The van der Waals surface area contributed by atoms with E-state index in [0.717, 1.165) is 48.9 Å². The van der Waals surface area contributed by atoms with Crippen LogP contribution in [0.5, 0.6) is 0 Å². The van der Waals surface area contributed by atoms with E-state index in [0.29, 0.717) is 0 Å². The molecule has 0 aliphatic carbocycles. The van der Waals surface area contributed by atoms with E-state index in [1.165, 1.54) is 12.1 Å². The summed E-state index contributed by atoms with van der Waals surface area (Å²) < 4.78 is 14.9. The molecule has 0 fully saturated rings. The quantitative estimate of drug-likeness (QED) is 0.366. The minimum absolute atomic E-state index is 0.267. The summed E-state index contributed by atoms with van der Waals surface area (Å²) in [7, 11) is 4.00.